The topological polar surface area (TPSA) is 95.1 Å². The van der Waals surface area contributed by atoms with Crippen LogP contribution in [0.3, 0.4) is 0 Å². The Balaban J connectivity index is 1.80. The minimum Gasteiger partial charge on any atom is -0.497 e. The molecule has 3 rings (SSSR count). The first-order chi connectivity index (χ1) is 11.1. The quantitative estimate of drug-likeness (QED) is 0.750. The number of hydrogen-bond donors (Lipinski definition) is 1. The number of rotatable bonds is 4. The number of carbonyl (C=O) groups excluding carboxylic acids is 1. The molecule has 9 heteroatoms. The average molecular weight is 378 g/mol. The summed E-state index contributed by atoms with van der Waals surface area (Å²) in [4.78, 5) is 12.3. The summed E-state index contributed by atoms with van der Waals surface area (Å²) in [5.41, 5.74) is 0.921. The van der Waals surface area contributed by atoms with E-state index in [1.807, 2.05) is 0 Å². The minimum absolute atomic E-state index is 0.00891. The Morgan fingerprint density at radius 1 is 1.35 bits per heavy atom. The molecule has 1 amide bonds. The van der Waals surface area contributed by atoms with E-state index in [9.17, 15) is 4.79 Å². The van der Waals surface area contributed by atoms with Gasteiger partial charge < -0.3 is 9.15 Å². The Hall–Kier alpha value is -2.68. The van der Waals surface area contributed by atoms with Gasteiger partial charge in [-0.1, -0.05) is 5.10 Å². The highest BCUT2D eigenvalue weighted by molar-refractivity contribution is 9.10. The zero-order chi connectivity index (χ0) is 16.4. The molecule has 8 nitrogen and oxygen atoms in total. The smallest absolute Gasteiger partial charge is 0.322 e. The zero-order valence-corrected chi connectivity index (χ0v) is 13.9. The molecule has 118 valence electrons. The number of ether oxygens (including phenoxy) is 1. The highest BCUT2D eigenvalue weighted by atomic mass is 79.9. The van der Waals surface area contributed by atoms with Crippen molar-refractivity contribution in [3.8, 4) is 17.3 Å². The average Bonchev–Trinajstić information content (AvgIpc) is 3.16. The van der Waals surface area contributed by atoms with Gasteiger partial charge in [-0.2, -0.15) is 5.10 Å². The van der Waals surface area contributed by atoms with Gasteiger partial charge in [-0.05, 0) is 40.2 Å². The zero-order valence-electron chi connectivity index (χ0n) is 12.3. The van der Waals surface area contributed by atoms with Crippen LogP contribution < -0.4 is 10.1 Å². The van der Waals surface area contributed by atoms with Gasteiger partial charge >= 0.3 is 6.01 Å². The molecule has 1 N–H and O–H groups in total. The second-order valence-corrected chi connectivity index (χ2v) is 5.44. The molecule has 0 saturated heterocycles. The fourth-order valence-electron chi connectivity index (χ4n) is 1.88. The second-order valence-electron chi connectivity index (χ2n) is 4.59. The van der Waals surface area contributed by atoms with E-state index >= 15 is 0 Å². The molecule has 3 aromatic rings. The normalized spacial score (nSPS) is 10.6. The molecule has 23 heavy (non-hydrogen) atoms. The number of carbonyl (C=O) groups is 1. The van der Waals surface area contributed by atoms with Crippen LogP contribution in [0.5, 0.6) is 5.75 Å². The van der Waals surface area contributed by atoms with E-state index in [1.54, 1.807) is 42.2 Å². The summed E-state index contributed by atoms with van der Waals surface area (Å²) in [6, 6.07) is 6.80. The highest BCUT2D eigenvalue weighted by Gasteiger charge is 2.16. The van der Waals surface area contributed by atoms with Gasteiger partial charge in [0.25, 0.3) is 11.8 Å². The molecular formula is C14H12BrN5O3. The number of aromatic nitrogens is 4. The maximum absolute atomic E-state index is 12.3. The third-order valence-electron chi connectivity index (χ3n) is 3.00. The lowest BCUT2D eigenvalue weighted by molar-refractivity contribution is 0.102. The van der Waals surface area contributed by atoms with Crippen molar-refractivity contribution in [2.24, 2.45) is 7.05 Å². The van der Waals surface area contributed by atoms with Gasteiger partial charge in [0.2, 0.25) is 0 Å². The molecule has 0 atom stereocenters. The molecule has 0 aliphatic rings. The van der Waals surface area contributed by atoms with Crippen molar-refractivity contribution in [1.82, 2.24) is 20.0 Å². The molecule has 0 spiro atoms. The predicted molar refractivity (Wildman–Crippen MR) is 85.1 cm³/mol. The Labute approximate surface area is 139 Å². The van der Waals surface area contributed by atoms with Crippen LogP contribution in [0.1, 0.15) is 10.4 Å². The summed E-state index contributed by atoms with van der Waals surface area (Å²) >= 11 is 3.32. The Morgan fingerprint density at radius 3 is 2.87 bits per heavy atom. The lowest BCUT2D eigenvalue weighted by Gasteiger charge is -2.06. The Kier molecular flexibility index (Phi) is 4.11. The van der Waals surface area contributed by atoms with Gasteiger partial charge in [0, 0.05) is 17.7 Å². The molecular weight excluding hydrogens is 366 g/mol. The lowest BCUT2D eigenvalue weighted by atomic mass is 10.2. The molecule has 1 aromatic carbocycles. The maximum Gasteiger partial charge on any atom is 0.322 e. The number of nitrogens with zero attached hydrogens (tertiary/aromatic N) is 4. The van der Waals surface area contributed by atoms with E-state index in [-0.39, 0.29) is 11.9 Å². The lowest BCUT2D eigenvalue weighted by Crippen LogP contribution is -2.13. The van der Waals surface area contributed by atoms with Crippen molar-refractivity contribution in [3.63, 3.8) is 0 Å². The fourth-order valence-corrected chi connectivity index (χ4v) is 2.30. The second kappa shape index (κ2) is 6.21. The van der Waals surface area contributed by atoms with E-state index in [2.05, 4.69) is 36.5 Å². The first-order valence-corrected chi connectivity index (χ1v) is 7.34. The molecule has 0 fully saturated rings. The van der Waals surface area contributed by atoms with Crippen molar-refractivity contribution in [2.45, 2.75) is 0 Å². The first kappa shape index (κ1) is 15.2. The van der Waals surface area contributed by atoms with Crippen molar-refractivity contribution < 1.29 is 13.9 Å². The van der Waals surface area contributed by atoms with Gasteiger partial charge in [0.15, 0.2) is 0 Å². The number of benzene rings is 1. The SMILES string of the molecule is COc1ccc(Br)c(C(=O)Nc2nnc(-c3ccn(C)n3)o2)c1. The van der Waals surface area contributed by atoms with E-state index in [0.29, 0.717) is 21.5 Å². The molecule has 0 radical (unpaired) electrons. The summed E-state index contributed by atoms with van der Waals surface area (Å²) in [6.45, 7) is 0. The van der Waals surface area contributed by atoms with Gasteiger partial charge in [-0.15, -0.1) is 5.10 Å². The van der Waals surface area contributed by atoms with Gasteiger partial charge in [-0.3, -0.25) is 14.8 Å². The van der Waals surface area contributed by atoms with Crippen molar-refractivity contribution >= 4 is 27.9 Å². The van der Waals surface area contributed by atoms with Crippen LogP contribution in [0.15, 0.2) is 39.4 Å². The monoisotopic (exact) mass is 377 g/mol. The molecule has 0 aliphatic carbocycles. The van der Waals surface area contributed by atoms with Crippen molar-refractivity contribution in [3.05, 3.63) is 40.5 Å². The molecule has 0 unspecified atom stereocenters. The summed E-state index contributed by atoms with van der Waals surface area (Å²) in [6.07, 6.45) is 1.76. The number of aryl methyl sites for hydroxylation is 1. The summed E-state index contributed by atoms with van der Waals surface area (Å²) in [7, 11) is 3.31. The molecule has 0 bridgehead atoms. The van der Waals surface area contributed by atoms with Crippen LogP contribution in [0.4, 0.5) is 6.01 Å². The van der Waals surface area contributed by atoms with Crippen LogP contribution in [-0.4, -0.2) is 33.0 Å². The standard InChI is InChI=1S/C14H12BrN5O3/c1-20-6-5-11(19-20)13-17-18-14(23-13)16-12(21)9-7-8(22-2)3-4-10(9)15/h3-7H,1-2H3,(H,16,18,21). The largest absolute Gasteiger partial charge is 0.497 e. The third-order valence-corrected chi connectivity index (χ3v) is 3.69. The van der Waals surface area contributed by atoms with Crippen LogP contribution in [0.25, 0.3) is 11.6 Å². The minimum atomic E-state index is -0.396. The first-order valence-electron chi connectivity index (χ1n) is 6.55. The van der Waals surface area contributed by atoms with Crippen LogP contribution in [0.2, 0.25) is 0 Å². The van der Waals surface area contributed by atoms with Crippen molar-refractivity contribution in [1.29, 1.82) is 0 Å². The van der Waals surface area contributed by atoms with Crippen LogP contribution >= 0.6 is 15.9 Å². The summed E-state index contributed by atoms with van der Waals surface area (Å²) in [5.74, 6) is 0.399. The highest BCUT2D eigenvalue weighted by Crippen LogP contribution is 2.24. The number of anilines is 1. The van der Waals surface area contributed by atoms with Crippen molar-refractivity contribution in [2.75, 3.05) is 12.4 Å². The van der Waals surface area contributed by atoms with Crippen LogP contribution in [0, 0.1) is 0 Å². The third kappa shape index (κ3) is 3.24. The number of hydrogen-bond acceptors (Lipinski definition) is 6. The maximum atomic E-state index is 12.3. The number of methoxy groups -OCH3 is 1. The summed E-state index contributed by atoms with van der Waals surface area (Å²) < 4.78 is 12.7. The van der Waals surface area contributed by atoms with E-state index < -0.39 is 5.91 Å². The van der Waals surface area contributed by atoms with E-state index in [1.165, 1.54) is 7.11 Å². The van der Waals surface area contributed by atoms with Crippen LogP contribution in [-0.2, 0) is 7.05 Å². The Bertz CT molecular complexity index is 858. The van der Waals surface area contributed by atoms with Gasteiger partial charge in [0.1, 0.15) is 11.4 Å². The molecule has 2 aromatic heterocycles. The molecule has 0 aliphatic heterocycles. The Morgan fingerprint density at radius 2 is 2.17 bits per heavy atom. The molecule has 0 saturated carbocycles. The van der Waals surface area contributed by atoms with Gasteiger partial charge in [0.05, 0.1) is 12.7 Å². The summed E-state index contributed by atoms with van der Waals surface area (Å²) in [5, 5.41) is 14.4. The molecule has 2 heterocycles. The number of nitrogens with one attached hydrogen (secondary N) is 1. The van der Waals surface area contributed by atoms with E-state index in [0.717, 1.165) is 0 Å². The van der Waals surface area contributed by atoms with Gasteiger partial charge in [-0.25, -0.2) is 0 Å². The van der Waals surface area contributed by atoms with E-state index in [4.69, 9.17) is 9.15 Å². The fraction of sp³-hybridized carbons (Fsp3) is 0.143. The number of amides is 1. The number of halogens is 1. The predicted octanol–water partition coefficient (Wildman–Crippen LogP) is 2.49.